The Kier molecular flexibility index (Phi) is 8.40. The van der Waals surface area contributed by atoms with Crippen molar-refractivity contribution in [2.24, 2.45) is 5.92 Å². The maximum atomic E-state index is 11.8. The molecule has 0 saturated carbocycles. The molecular weight excluding hydrogens is 222 g/mol. The van der Waals surface area contributed by atoms with E-state index in [1.165, 1.54) is 0 Å². The van der Waals surface area contributed by atoms with E-state index in [1.54, 1.807) is 11.8 Å². The molecule has 0 aromatic rings. The fraction of sp³-hybridized carbons (Fsp3) is 0.833. The van der Waals surface area contributed by atoms with Crippen molar-refractivity contribution in [1.29, 1.82) is 0 Å². The van der Waals surface area contributed by atoms with Gasteiger partial charge in [-0.3, -0.25) is 9.59 Å². The fourth-order valence-corrected chi connectivity index (χ4v) is 1.42. The SMILES string of the molecule is CCOC(=O)CCN(CCCO)C(=O)C(C)C. The summed E-state index contributed by atoms with van der Waals surface area (Å²) in [6.07, 6.45) is 0.735. The van der Waals surface area contributed by atoms with Crippen molar-refractivity contribution in [3.05, 3.63) is 0 Å². The number of nitrogens with zero attached hydrogens (tertiary/aromatic N) is 1. The van der Waals surface area contributed by atoms with Crippen molar-refractivity contribution in [2.45, 2.75) is 33.6 Å². The van der Waals surface area contributed by atoms with Crippen LogP contribution < -0.4 is 0 Å². The average molecular weight is 245 g/mol. The van der Waals surface area contributed by atoms with Gasteiger partial charge in [0.15, 0.2) is 0 Å². The molecule has 5 nitrogen and oxygen atoms in total. The molecule has 0 rings (SSSR count). The highest BCUT2D eigenvalue weighted by molar-refractivity contribution is 5.79. The van der Waals surface area contributed by atoms with Crippen LogP contribution in [0.1, 0.15) is 33.6 Å². The molecule has 0 fully saturated rings. The van der Waals surface area contributed by atoms with Crippen LogP contribution in [-0.4, -0.2) is 48.2 Å². The van der Waals surface area contributed by atoms with E-state index in [4.69, 9.17) is 9.84 Å². The van der Waals surface area contributed by atoms with Crippen LogP contribution in [0.4, 0.5) is 0 Å². The number of aliphatic hydroxyl groups is 1. The lowest BCUT2D eigenvalue weighted by atomic mass is 10.2. The molecule has 0 unspecified atom stereocenters. The normalized spacial score (nSPS) is 10.4. The summed E-state index contributed by atoms with van der Waals surface area (Å²) in [6.45, 7) is 6.62. The molecule has 1 amide bonds. The smallest absolute Gasteiger partial charge is 0.307 e. The van der Waals surface area contributed by atoms with E-state index in [0.29, 0.717) is 26.1 Å². The van der Waals surface area contributed by atoms with Crippen LogP contribution >= 0.6 is 0 Å². The molecule has 0 aliphatic carbocycles. The summed E-state index contributed by atoms with van der Waals surface area (Å²) < 4.78 is 4.81. The first-order valence-corrected chi connectivity index (χ1v) is 6.08. The van der Waals surface area contributed by atoms with Gasteiger partial charge in [0, 0.05) is 25.6 Å². The summed E-state index contributed by atoms with van der Waals surface area (Å²) in [5, 5.41) is 8.77. The van der Waals surface area contributed by atoms with Gasteiger partial charge in [-0.25, -0.2) is 0 Å². The highest BCUT2D eigenvalue weighted by Crippen LogP contribution is 2.04. The molecular formula is C12H23NO4. The predicted octanol–water partition coefficient (Wildman–Crippen LogP) is 0.807. The first-order valence-electron chi connectivity index (χ1n) is 6.08. The first kappa shape index (κ1) is 15.9. The van der Waals surface area contributed by atoms with Crippen LogP contribution in [0.2, 0.25) is 0 Å². The molecule has 0 radical (unpaired) electrons. The first-order chi connectivity index (χ1) is 8.02. The van der Waals surface area contributed by atoms with Crippen molar-refractivity contribution >= 4 is 11.9 Å². The standard InChI is InChI=1S/C12H23NO4/c1-4-17-11(15)6-8-13(7-5-9-14)12(16)10(2)3/h10,14H,4-9H2,1-3H3. The summed E-state index contributed by atoms with van der Waals surface area (Å²) >= 11 is 0. The lowest BCUT2D eigenvalue weighted by Gasteiger charge is -2.23. The van der Waals surface area contributed by atoms with Crippen LogP contribution in [0.3, 0.4) is 0 Å². The molecule has 5 heteroatoms. The van der Waals surface area contributed by atoms with Crippen molar-refractivity contribution in [3.8, 4) is 0 Å². The van der Waals surface area contributed by atoms with Crippen LogP contribution in [0.5, 0.6) is 0 Å². The van der Waals surface area contributed by atoms with Crippen LogP contribution in [0.15, 0.2) is 0 Å². The van der Waals surface area contributed by atoms with Gasteiger partial charge in [0.05, 0.1) is 13.0 Å². The molecule has 0 bridgehead atoms. The zero-order valence-electron chi connectivity index (χ0n) is 10.9. The summed E-state index contributed by atoms with van der Waals surface area (Å²) in [6, 6.07) is 0. The van der Waals surface area contributed by atoms with Gasteiger partial charge in [-0.2, -0.15) is 0 Å². The van der Waals surface area contributed by atoms with Crippen molar-refractivity contribution in [1.82, 2.24) is 4.90 Å². The minimum absolute atomic E-state index is 0.00254. The Hall–Kier alpha value is -1.10. The number of carbonyl (C=O) groups excluding carboxylic acids is 2. The Bertz CT molecular complexity index is 241. The monoisotopic (exact) mass is 245 g/mol. The van der Waals surface area contributed by atoms with Crippen LogP contribution in [0.25, 0.3) is 0 Å². The zero-order chi connectivity index (χ0) is 13.3. The molecule has 0 aliphatic rings. The van der Waals surface area contributed by atoms with Crippen molar-refractivity contribution in [3.63, 3.8) is 0 Å². The summed E-state index contributed by atoms with van der Waals surface area (Å²) in [5.74, 6) is -0.392. The Morgan fingerprint density at radius 2 is 1.94 bits per heavy atom. The molecule has 100 valence electrons. The minimum atomic E-state index is -0.293. The zero-order valence-corrected chi connectivity index (χ0v) is 10.9. The van der Waals surface area contributed by atoms with E-state index in [1.807, 2.05) is 13.8 Å². The number of aliphatic hydroxyl groups excluding tert-OH is 1. The molecule has 0 atom stereocenters. The van der Waals surface area contributed by atoms with Crippen LogP contribution in [-0.2, 0) is 14.3 Å². The lowest BCUT2D eigenvalue weighted by molar-refractivity contribution is -0.144. The Labute approximate surface area is 103 Å². The molecule has 0 spiro atoms. The van der Waals surface area contributed by atoms with Gasteiger partial charge >= 0.3 is 5.97 Å². The summed E-state index contributed by atoms with van der Waals surface area (Å²) in [5.41, 5.74) is 0. The van der Waals surface area contributed by atoms with Gasteiger partial charge in [0.1, 0.15) is 0 Å². The topological polar surface area (TPSA) is 66.8 Å². The third-order valence-corrected chi connectivity index (χ3v) is 2.28. The number of rotatable bonds is 8. The quantitative estimate of drug-likeness (QED) is 0.642. The van der Waals surface area contributed by atoms with E-state index in [2.05, 4.69) is 0 Å². The number of ether oxygens (including phenoxy) is 1. The van der Waals surface area contributed by atoms with Gasteiger partial charge < -0.3 is 14.7 Å². The summed E-state index contributed by atoms with van der Waals surface area (Å²) in [7, 11) is 0. The summed E-state index contributed by atoms with van der Waals surface area (Å²) in [4.78, 5) is 24.6. The lowest BCUT2D eigenvalue weighted by Crippen LogP contribution is -2.37. The number of esters is 1. The maximum absolute atomic E-state index is 11.8. The molecule has 0 aliphatic heterocycles. The highest BCUT2D eigenvalue weighted by atomic mass is 16.5. The highest BCUT2D eigenvalue weighted by Gasteiger charge is 2.17. The Balaban J connectivity index is 4.19. The number of hydrogen-bond acceptors (Lipinski definition) is 4. The maximum Gasteiger partial charge on any atom is 0.307 e. The number of carbonyl (C=O) groups is 2. The molecule has 1 N–H and O–H groups in total. The third kappa shape index (κ3) is 6.94. The van der Waals surface area contributed by atoms with Gasteiger partial charge in [0.2, 0.25) is 5.91 Å². The average Bonchev–Trinajstić information content (AvgIpc) is 2.28. The van der Waals surface area contributed by atoms with Gasteiger partial charge in [-0.05, 0) is 13.3 Å². The van der Waals surface area contributed by atoms with Crippen LogP contribution in [0, 0.1) is 5.92 Å². The van der Waals surface area contributed by atoms with Gasteiger partial charge in [-0.15, -0.1) is 0 Å². The fourth-order valence-electron chi connectivity index (χ4n) is 1.42. The second-order valence-corrected chi connectivity index (χ2v) is 4.11. The minimum Gasteiger partial charge on any atom is -0.466 e. The molecule has 17 heavy (non-hydrogen) atoms. The van der Waals surface area contributed by atoms with E-state index in [0.717, 1.165) is 0 Å². The van der Waals surface area contributed by atoms with E-state index in [9.17, 15) is 9.59 Å². The van der Waals surface area contributed by atoms with Gasteiger partial charge in [-0.1, -0.05) is 13.8 Å². The number of hydrogen-bond donors (Lipinski definition) is 1. The number of amides is 1. The second-order valence-electron chi connectivity index (χ2n) is 4.11. The molecule has 0 saturated heterocycles. The van der Waals surface area contributed by atoms with Crippen molar-refractivity contribution in [2.75, 3.05) is 26.3 Å². The van der Waals surface area contributed by atoms with E-state index in [-0.39, 0.29) is 30.8 Å². The van der Waals surface area contributed by atoms with Gasteiger partial charge in [0.25, 0.3) is 0 Å². The van der Waals surface area contributed by atoms with Crippen molar-refractivity contribution < 1.29 is 19.4 Å². The van der Waals surface area contributed by atoms with E-state index < -0.39 is 0 Å². The third-order valence-electron chi connectivity index (χ3n) is 2.28. The molecule has 0 aromatic carbocycles. The Morgan fingerprint density at radius 1 is 1.29 bits per heavy atom. The second kappa shape index (κ2) is 8.98. The molecule has 0 heterocycles. The Morgan fingerprint density at radius 3 is 2.41 bits per heavy atom. The van der Waals surface area contributed by atoms with E-state index >= 15 is 0 Å². The predicted molar refractivity (Wildman–Crippen MR) is 64.4 cm³/mol. The largest absolute Gasteiger partial charge is 0.466 e. The molecule has 0 aromatic heterocycles.